The number of hydrogen-bond acceptors (Lipinski definition) is 1. The second kappa shape index (κ2) is 7.91. The van der Waals surface area contributed by atoms with Crippen LogP contribution in [0.1, 0.15) is 46.1 Å². The third kappa shape index (κ3) is 7.59. The van der Waals surface area contributed by atoms with Gasteiger partial charge in [-0.1, -0.05) is 51.4 Å². The molecule has 19 heavy (non-hydrogen) atoms. The molecule has 0 bridgehead atoms. The molecule has 1 unspecified atom stereocenters. The van der Waals surface area contributed by atoms with Gasteiger partial charge in [0.05, 0.1) is 0 Å². The molecule has 0 aliphatic carbocycles. The highest BCUT2D eigenvalue weighted by atomic mass is 35.5. The third-order valence-electron chi connectivity index (χ3n) is 3.42. The van der Waals surface area contributed by atoms with Crippen molar-refractivity contribution in [3.05, 3.63) is 34.9 Å². The van der Waals surface area contributed by atoms with Crippen LogP contribution in [0, 0.1) is 11.3 Å². The average Bonchev–Trinajstić information content (AvgIpc) is 2.34. The highest BCUT2D eigenvalue weighted by molar-refractivity contribution is 6.30. The number of halogens is 1. The van der Waals surface area contributed by atoms with E-state index in [0.29, 0.717) is 11.3 Å². The van der Waals surface area contributed by atoms with E-state index in [4.69, 9.17) is 11.6 Å². The first kappa shape index (κ1) is 16.5. The SMILES string of the molecule is CCNCC(CCC(C)(C)C)Cc1ccc(Cl)cc1. The van der Waals surface area contributed by atoms with Gasteiger partial charge in [0.2, 0.25) is 0 Å². The minimum atomic E-state index is 0.421. The Bertz CT molecular complexity index is 351. The molecule has 2 heteroatoms. The Morgan fingerprint density at radius 2 is 1.79 bits per heavy atom. The number of benzene rings is 1. The summed E-state index contributed by atoms with van der Waals surface area (Å²) in [5, 5.41) is 4.31. The van der Waals surface area contributed by atoms with Crippen molar-refractivity contribution >= 4 is 11.6 Å². The summed E-state index contributed by atoms with van der Waals surface area (Å²) >= 11 is 5.94. The molecule has 0 fully saturated rings. The van der Waals surface area contributed by atoms with E-state index >= 15 is 0 Å². The topological polar surface area (TPSA) is 12.0 Å². The zero-order valence-corrected chi connectivity index (χ0v) is 13.6. The van der Waals surface area contributed by atoms with Gasteiger partial charge in [0.25, 0.3) is 0 Å². The number of rotatable bonds is 7. The molecule has 1 rings (SSSR count). The summed E-state index contributed by atoms with van der Waals surface area (Å²) < 4.78 is 0. The molecule has 0 aliphatic rings. The molecule has 0 heterocycles. The first-order valence-corrected chi connectivity index (χ1v) is 7.73. The van der Waals surface area contributed by atoms with Crippen molar-refractivity contribution in [2.45, 2.75) is 47.0 Å². The lowest BCUT2D eigenvalue weighted by atomic mass is 9.84. The summed E-state index contributed by atoms with van der Waals surface area (Å²) in [5.74, 6) is 0.709. The van der Waals surface area contributed by atoms with Crippen molar-refractivity contribution in [2.75, 3.05) is 13.1 Å². The molecule has 0 aliphatic heterocycles. The Morgan fingerprint density at radius 3 is 2.32 bits per heavy atom. The van der Waals surface area contributed by atoms with E-state index in [1.165, 1.54) is 18.4 Å². The average molecular weight is 282 g/mol. The standard InChI is InChI=1S/C17H28ClN/c1-5-19-13-15(10-11-17(2,3)4)12-14-6-8-16(18)9-7-14/h6-9,15,19H,5,10-13H2,1-4H3. The van der Waals surface area contributed by atoms with Crippen LogP contribution >= 0.6 is 11.6 Å². The molecule has 1 aromatic carbocycles. The van der Waals surface area contributed by atoms with Crippen LogP contribution in [0.25, 0.3) is 0 Å². The molecule has 0 saturated carbocycles. The largest absolute Gasteiger partial charge is 0.317 e. The van der Waals surface area contributed by atoms with Gasteiger partial charge in [-0.25, -0.2) is 0 Å². The van der Waals surface area contributed by atoms with E-state index in [1.54, 1.807) is 0 Å². The van der Waals surface area contributed by atoms with Crippen LogP contribution in [0.4, 0.5) is 0 Å². The van der Waals surface area contributed by atoms with Gasteiger partial charge in [0.15, 0.2) is 0 Å². The van der Waals surface area contributed by atoms with E-state index in [9.17, 15) is 0 Å². The maximum Gasteiger partial charge on any atom is 0.0406 e. The molecule has 0 spiro atoms. The quantitative estimate of drug-likeness (QED) is 0.747. The van der Waals surface area contributed by atoms with Crippen LogP contribution in [0.5, 0.6) is 0 Å². The highest BCUT2D eigenvalue weighted by Gasteiger charge is 2.15. The lowest BCUT2D eigenvalue weighted by Gasteiger charge is -2.23. The van der Waals surface area contributed by atoms with E-state index < -0.39 is 0 Å². The predicted octanol–water partition coefficient (Wildman–Crippen LogP) is 4.93. The van der Waals surface area contributed by atoms with Crippen LogP contribution in [0.15, 0.2) is 24.3 Å². The maximum atomic E-state index is 5.94. The summed E-state index contributed by atoms with van der Waals surface area (Å²) in [5.41, 5.74) is 1.81. The van der Waals surface area contributed by atoms with Crippen LogP contribution in [-0.4, -0.2) is 13.1 Å². The number of hydrogen-bond donors (Lipinski definition) is 1. The van der Waals surface area contributed by atoms with Crippen LogP contribution in [-0.2, 0) is 6.42 Å². The van der Waals surface area contributed by atoms with Gasteiger partial charge in [-0.05, 0) is 61.4 Å². The summed E-state index contributed by atoms with van der Waals surface area (Å²) in [4.78, 5) is 0. The van der Waals surface area contributed by atoms with Gasteiger partial charge < -0.3 is 5.32 Å². The van der Waals surface area contributed by atoms with Gasteiger partial charge >= 0.3 is 0 Å². The first-order chi connectivity index (χ1) is 8.90. The maximum absolute atomic E-state index is 5.94. The summed E-state index contributed by atoms with van der Waals surface area (Å²) in [7, 11) is 0. The van der Waals surface area contributed by atoms with Crippen molar-refractivity contribution < 1.29 is 0 Å². The zero-order chi connectivity index (χ0) is 14.3. The van der Waals surface area contributed by atoms with Crippen molar-refractivity contribution in [3.8, 4) is 0 Å². The Labute approximate surface area is 123 Å². The lowest BCUT2D eigenvalue weighted by molar-refractivity contribution is 0.315. The normalized spacial score (nSPS) is 13.5. The molecule has 1 aromatic rings. The summed E-state index contributed by atoms with van der Waals surface area (Å²) in [6.45, 7) is 11.3. The van der Waals surface area contributed by atoms with Gasteiger partial charge in [0.1, 0.15) is 0 Å². The Hall–Kier alpha value is -0.530. The van der Waals surface area contributed by atoms with Gasteiger partial charge in [0, 0.05) is 5.02 Å². The molecule has 108 valence electrons. The van der Waals surface area contributed by atoms with Gasteiger partial charge in [-0.3, -0.25) is 0 Å². The van der Waals surface area contributed by atoms with Crippen LogP contribution in [0.2, 0.25) is 5.02 Å². The van der Waals surface area contributed by atoms with Crippen molar-refractivity contribution in [3.63, 3.8) is 0 Å². The molecular weight excluding hydrogens is 254 g/mol. The second-order valence-corrected chi connectivity index (χ2v) is 7.04. The molecular formula is C17H28ClN. The highest BCUT2D eigenvalue weighted by Crippen LogP contribution is 2.25. The first-order valence-electron chi connectivity index (χ1n) is 7.36. The minimum absolute atomic E-state index is 0.421. The smallest absolute Gasteiger partial charge is 0.0406 e. The molecule has 0 amide bonds. The molecule has 0 aromatic heterocycles. The van der Waals surface area contributed by atoms with E-state index in [2.05, 4.69) is 45.1 Å². The van der Waals surface area contributed by atoms with Gasteiger partial charge in [-0.15, -0.1) is 0 Å². The molecule has 1 atom stereocenters. The molecule has 0 radical (unpaired) electrons. The fraction of sp³-hybridized carbons (Fsp3) is 0.647. The van der Waals surface area contributed by atoms with Crippen molar-refractivity contribution in [1.82, 2.24) is 5.32 Å². The fourth-order valence-corrected chi connectivity index (χ4v) is 2.34. The van der Waals surface area contributed by atoms with Crippen molar-refractivity contribution in [1.29, 1.82) is 0 Å². The summed E-state index contributed by atoms with van der Waals surface area (Å²) in [6.07, 6.45) is 3.69. The monoisotopic (exact) mass is 281 g/mol. The van der Waals surface area contributed by atoms with Crippen LogP contribution < -0.4 is 5.32 Å². The molecule has 1 nitrogen and oxygen atoms in total. The lowest BCUT2D eigenvalue weighted by Crippen LogP contribution is -2.25. The number of nitrogens with one attached hydrogen (secondary N) is 1. The van der Waals surface area contributed by atoms with Gasteiger partial charge in [-0.2, -0.15) is 0 Å². The molecule has 0 saturated heterocycles. The van der Waals surface area contributed by atoms with E-state index in [-0.39, 0.29) is 0 Å². The van der Waals surface area contributed by atoms with E-state index in [0.717, 1.165) is 24.5 Å². The Kier molecular flexibility index (Phi) is 6.88. The van der Waals surface area contributed by atoms with E-state index in [1.807, 2.05) is 12.1 Å². The Morgan fingerprint density at radius 1 is 1.16 bits per heavy atom. The third-order valence-corrected chi connectivity index (χ3v) is 3.68. The van der Waals surface area contributed by atoms with Crippen molar-refractivity contribution in [2.24, 2.45) is 11.3 Å². The predicted molar refractivity (Wildman–Crippen MR) is 85.9 cm³/mol. The zero-order valence-electron chi connectivity index (χ0n) is 12.8. The Balaban J connectivity index is 2.55. The summed E-state index contributed by atoms with van der Waals surface area (Å²) in [6, 6.07) is 8.28. The second-order valence-electron chi connectivity index (χ2n) is 6.60. The fourth-order valence-electron chi connectivity index (χ4n) is 2.22. The van der Waals surface area contributed by atoms with Crippen LogP contribution in [0.3, 0.4) is 0 Å². The minimum Gasteiger partial charge on any atom is -0.317 e. The molecule has 1 N–H and O–H groups in total.